The van der Waals surface area contributed by atoms with E-state index in [1.54, 1.807) is 0 Å². The van der Waals surface area contributed by atoms with E-state index in [-0.39, 0.29) is 22.2 Å². The second-order valence-electron chi connectivity index (χ2n) is 4.91. The first-order valence-electron chi connectivity index (χ1n) is 6.33. The smallest absolute Gasteiger partial charge is 0.244 e. The molecule has 2 N–H and O–H groups in total. The van der Waals surface area contributed by atoms with Gasteiger partial charge in [0.05, 0.1) is 18.6 Å². The van der Waals surface area contributed by atoms with Gasteiger partial charge in [0.15, 0.2) is 9.84 Å². The number of benzene rings is 1. The number of methoxy groups -OCH3 is 1. The summed E-state index contributed by atoms with van der Waals surface area (Å²) in [5.74, 6) is -0.279. The Labute approximate surface area is 123 Å². The molecule has 0 spiro atoms. The summed E-state index contributed by atoms with van der Waals surface area (Å²) in [5, 5.41) is 9.71. The van der Waals surface area contributed by atoms with E-state index < -0.39 is 31.7 Å². The van der Waals surface area contributed by atoms with Crippen molar-refractivity contribution in [2.45, 2.75) is 23.8 Å². The van der Waals surface area contributed by atoms with Crippen molar-refractivity contribution in [3.8, 4) is 11.5 Å². The minimum Gasteiger partial charge on any atom is -0.507 e. The van der Waals surface area contributed by atoms with E-state index in [1.165, 1.54) is 25.3 Å². The molecular weight excluding hydrogens is 318 g/mol. The monoisotopic (exact) mass is 335 g/mol. The third-order valence-corrected chi connectivity index (χ3v) is 6.61. The maximum atomic E-state index is 12.3. The molecule has 0 aliphatic carbocycles. The molecule has 1 aliphatic heterocycles. The summed E-state index contributed by atoms with van der Waals surface area (Å²) < 4.78 is 54.9. The Bertz CT molecular complexity index is 726. The lowest BCUT2D eigenvalue weighted by Crippen LogP contribution is -2.43. The second-order valence-corrected chi connectivity index (χ2v) is 8.82. The Morgan fingerprint density at radius 3 is 2.71 bits per heavy atom. The maximum absolute atomic E-state index is 12.3. The fraction of sp³-hybridized carbons (Fsp3) is 0.500. The standard InChI is InChI=1S/C12H17NO6S2/c1-19-10-4-5-11(14)12(7-10)21(17,18)13-9-3-2-6-20(15,16)8-9/h4-5,7,9,13-14H,2-3,6,8H2,1H3. The normalized spacial score (nSPS) is 21.9. The highest BCUT2D eigenvalue weighted by Gasteiger charge is 2.30. The van der Waals surface area contributed by atoms with Crippen molar-refractivity contribution in [3.63, 3.8) is 0 Å². The van der Waals surface area contributed by atoms with Crippen LogP contribution in [0.4, 0.5) is 0 Å². The van der Waals surface area contributed by atoms with Crippen molar-refractivity contribution in [1.29, 1.82) is 0 Å². The van der Waals surface area contributed by atoms with Crippen LogP contribution < -0.4 is 9.46 Å². The summed E-state index contributed by atoms with van der Waals surface area (Å²) in [4.78, 5) is -0.329. The lowest BCUT2D eigenvalue weighted by molar-refractivity contribution is 0.407. The van der Waals surface area contributed by atoms with Crippen LogP contribution in [0.2, 0.25) is 0 Å². The van der Waals surface area contributed by atoms with Gasteiger partial charge in [0.25, 0.3) is 0 Å². The van der Waals surface area contributed by atoms with Gasteiger partial charge in [0.2, 0.25) is 10.0 Å². The summed E-state index contributed by atoms with van der Waals surface area (Å²) in [6.07, 6.45) is 0.864. The van der Waals surface area contributed by atoms with Gasteiger partial charge < -0.3 is 9.84 Å². The molecule has 1 aromatic carbocycles. The number of sulfone groups is 1. The predicted molar refractivity (Wildman–Crippen MR) is 76.7 cm³/mol. The molecule has 21 heavy (non-hydrogen) atoms. The van der Waals surface area contributed by atoms with Gasteiger partial charge in [-0.25, -0.2) is 21.6 Å². The van der Waals surface area contributed by atoms with Crippen molar-refractivity contribution >= 4 is 19.9 Å². The Hall–Kier alpha value is -1.32. The van der Waals surface area contributed by atoms with E-state index >= 15 is 0 Å². The van der Waals surface area contributed by atoms with Gasteiger partial charge in [-0.3, -0.25) is 0 Å². The molecule has 1 atom stereocenters. The molecule has 1 heterocycles. The van der Waals surface area contributed by atoms with Crippen LogP contribution in [-0.2, 0) is 19.9 Å². The molecule has 0 saturated carbocycles. The van der Waals surface area contributed by atoms with Gasteiger partial charge in [-0.2, -0.15) is 0 Å². The van der Waals surface area contributed by atoms with E-state index in [9.17, 15) is 21.9 Å². The molecule has 7 nitrogen and oxygen atoms in total. The van der Waals surface area contributed by atoms with Crippen LogP contribution in [0.15, 0.2) is 23.1 Å². The molecule has 1 aromatic rings. The van der Waals surface area contributed by atoms with Crippen LogP contribution in [0.25, 0.3) is 0 Å². The minimum atomic E-state index is -4.02. The summed E-state index contributed by atoms with van der Waals surface area (Å²) >= 11 is 0. The fourth-order valence-corrected chi connectivity index (χ4v) is 5.36. The Morgan fingerprint density at radius 2 is 2.10 bits per heavy atom. The minimum absolute atomic E-state index is 0.0790. The lowest BCUT2D eigenvalue weighted by Gasteiger charge is -2.23. The van der Waals surface area contributed by atoms with Gasteiger partial charge in [-0.15, -0.1) is 0 Å². The Balaban J connectivity index is 2.26. The van der Waals surface area contributed by atoms with Crippen LogP contribution in [0.1, 0.15) is 12.8 Å². The molecule has 1 fully saturated rings. The molecule has 0 radical (unpaired) electrons. The maximum Gasteiger partial charge on any atom is 0.244 e. The van der Waals surface area contributed by atoms with Crippen molar-refractivity contribution in [3.05, 3.63) is 18.2 Å². The third kappa shape index (κ3) is 3.86. The van der Waals surface area contributed by atoms with Crippen molar-refractivity contribution in [2.24, 2.45) is 0 Å². The van der Waals surface area contributed by atoms with Gasteiger partial charge in [0.1, 0.15) is 16.4 Å². The predicted octanol–water partition coefficient (Wildman–Crippen LogP) is 0.256. The number of hydrogen-bond acceptors (Lipinski definition) is 6. The van der Waals surface area contributed by atoms with Gasteiger partial charge in [-0.05, 0) is 25.0 Å². The van der Waals surface area contributed by atoms with Crippen LogP contribution >= 0.6 is 0 Å². The topological polar surface area (TPSA) is 110 Å². The zero-order valence-electron chi connectivity index (χ0n) is 11.4. The average molecular weight is 335 g/mol. The zero-order valence-corrected chi connectivity index (χ0v) is 13.1. The van der Waals surface area contributed by atoms with Crippen molar-refractivity contribution < 1.29 is 26.7 Å². The number of rotatable bonds is 4. The van der Waals surface area contributed by atoms with Crippen LogP contribution in [0.5, 0.6) is 11.5 Å². The summed E-state index contributed by atoms with van der Waals surface area (Å²) in [6, 6.07) is 3.15. The largest absolute Gasteiger partial charge is 0.507 e. The van der Waals surface area contributed by atoms with Gasteiger partial charge in [0, 0.05) is 12.1 Å². The SMILES string of the molecule is COc1ccc(O)c(S(=O)(=O)NC2CCCS(=O)(=O)C2)c1. The molecule has 9 heteroatoms. The van der Waals surface area contributed by atoms with Gasteiger partial charge in [-0.1, -0.05) is 0 Å². The summed E-state index contributed by atoms with van der Waals surface area (Å²) in [7, 11) is -5.86. The van der Waals surface area contributed by atoms with Gasteiger partial charge >= 0.3 is 0 Å². The molecule has 0 amide bonds. The van der Waals surface area contributed by atoms with Crippen molar-refractivity contribution in [1.82, 2.24) is 4.72 Å². The number of phenolic OH excluding ortho intramolecular Hbond substituents is 1. The summed E-state index contributed by atoms with van der Waals surface area (Å²) in [6.45, 7) is 0. The first kappa shape index (κ1) is 16.1. The molecule has 1 aliphatic rings. The third-order valence-electron chi connectivity index (χ3n) is 3.24. The van der Waals surface area contributed by atoms with Crippen LogP contribution in [0.3, 0.4) is 0 Å². The first-order valence-corrected chi connectivity index (χ1v) is 9.64. The number of hydrogen-bond donors (Lipinski definition) is 2. The second kappa shape index (κ2) is 5.82. The molecule has 1 saturated heterocycles. The highest BCUT2D eigenvalue weighted by atomic mass is 32.2. The lowest BCUT2D eigenvalue weighted by atomic mass is 10.2. The number of aromatic hydroxyl groups is 1. The molecule has 118 valence electrons. The number of phenols is 1. The fourth-order valence-electron chi connectivity index (χ4n) is 2.24. The number of ether oxygens (including phenoxy) is 1. The molecule has 1 unspecified atom stereocenters. The van der Waals surface area contributed by atoms with Crippen LogP contribution in [-0.4, -0.2) is 46.6 Å². The van der Waals surface area contributed by atoms with E-state index in [1.807, 2.05) is 0 Å². The molecule has 0 bridgehead atoms. The molecular formula is C12H17NO6S2. The summed E-state index contributed by atoms with van der Waals surface area (Å²) in [5.41, 5.74) is 0. The average Bonchev–Trinajstić information content (AvgIpc) is 2.37. The number of nitrogens with one attached hydrogen (secondary N) is 1. The van der Waals surface area contributed by atoms with Crippen LogP contribution in [0, 0.1) is 0 Å². The van der Waals surface area contributed by atoms with E-state index in [4.69, 9.17) is 4.74 Å². The van der Waals surface area contributed by atoms with Crippen molar-refractivity contribution in [2.75, 3.05) is 18.6 Å². The quantitative estimate of drug-likeness (QED) is 0.816. The zero-order chi connectivity index (χ0) is 15.7. The first-order chi connectivity index (χ1) is 9.73. The highest BCUT2D eigenvalue weighted by Crippen LogP contribution is 2.27. The Kier molecular flexibility index (Phi) is 4.45. The van der Waals surface area contributed by atoms with E-state index in [2.05, 4.69) is 4.72 Å². The highest BCUT2D eigenvalue weighted by molar-refractivity contribution is 7.91. The van der Waals surface area contributed by atoms with E-state index in [0.29, 0.717) is 12.8 Å². The van der Waals surface area contributed by atoms with E-state index in [0.717, 1.165) is 0 Å². The Morgan fingerprint density at radius 1 is 1.38 bits per heavy atom. The number of sulfonamides is 1. The molecule has 2 rings (SSSR count). The molecule has 0 aromatic heterocycles.